The lowest BCUT2D eigenvalue weighted by atomic mass is 10.0. The predicted octanol–water partition coefficient (Wildman–Crippen LogP) is 3.70. The van der Waals surface area contributed by atoms with Crippen molar-refractivity contribution in [3.05, 3.63) is 44.6 Å². The summed E-state index contributed by atoms with van der Waals surface area (Å²) in [5.74, 6) is -0.218. The molecule has 1 aromatic heterocycles. The van der Waals surface area contributed by atoms with Gasteiger partial charge < -0.3 is 5.32 Å². The maximum atomic E-state index is 14.1. The Labute approximate surface area is 124 Å². The van der Waals surface area contributed by atoms with E-state index in [0.29, 0.717) is 5.56 Å². The monoisotopic (exact) mass is 343 g/mol. The molecule has 6 heteroatoms. The second-order valence-electron chi connectivity index (χ2n) is 4.09. The van der Waals surface area contributed by atoms with Crippen molar-refractivity contribution >= 4 is 27.5 Å². The van der Waals surface area contributed by atoms with Crippen LogP contribution in [0.15, 0.2) is 22.7 Å². The average Bonchev–Trinajstić information content (AvgIpc) is 2.87. The molecule has 102 valence electrons. The molecule has 2 aromatic rings. The number of nitrogens with one attached hydrogen (secondary N) is 1. The molecule has 1 N–H and O–H groups in total. The molecule has 1 atom stereocenters. The summed E-state index contributed by atoms with van der Waals surface area (Å²) in [7, 11) is 0. The Balaban J connectivity index is 2.48. The van der Waals surface area contributed by atoms with E-state index in [4.69, 9.17) is 0 Å². The fraction of sp³-hybridized carbons (Fsp3) is 0.385. The molecule has 0 radical (unpaired) electrons. The number of hydrogen-bond acceptors (Lipinski definition) is 4. The third kappa shape index (κ3) is 3.19. The Kier molecular flexibility index (Phi) is 5.01. The van der Waals surface area contributed by atoms with Crippen molar-refractivity contribution in [2.24, 2.45) is 0 Å². The normalized spacial score (nSPS) is 12.6. The summed E-state index contributed by atoms with van der Waals surface area (Å²) >= 11 is 4.72. The molecule has 19 heavy (non-hydrogen) atoms. The zero-order valence-electron chi connectivity index (χ0n) is 10.8. The lowest BCUT2D eigenvalue weighted by Gasteiger charge is -2.18. The van der Waals surface area contributed by atoms with Crippen molar-refractivity contribution in [2.75, 3.05) is 6.54 Å². The van der Waals surface area contributed by atoms with Crippen LogP contribution < -0.4 is 5.32 Å². The van der Waals surface area contributed by atoms with Gasteiger partial charge in [0.05, 0.1) is 16.6 Å². The van der Waals surface area contributed by atoms with Crippen LogP contribution in [0.4, 0.5) is 4.39 Å². The highest BCUT2D eigenvalue weighted by Crippen LogP contribution is 2.30. The first-order chi connectivity index (χ1) is 9.17. The summed E-state index contributed by atoms with van der Waals surface area (Å²) in [5, 5.41) is 7.42. The van der Waals surface area contributed by atoms with Gasteiger partial charge in [-0.1, -0.05) is 34.3 Å². The zero-order chi connectivity index (χ0) is 13.8. The van der Waals surface area contributed by atoms with E-state index in [2.05, 4.69) is 30.8 Å². The van der Waals surface area contributed by atoms with E-state index in [-0.39, 0.29) is 11.9 Å². The smallest absolute Gasteiger partial charge is 0.128 e. The number of hydrogen-bond donors (Lipinski definition) is 1. The number of aromatic nitrogens is 2. The second kappa shape index (κ2) is 6.54. The fourth-order valence-electron chi connectivity index (χ4n) is 1.96. The maximum absolute atomic E-state index is 14.1. The minimum absolute atomic E-state index is 0.197. The minimum Gasteiger partial charge on any atom is -0.306 e. The Morgan fingerprint density at radius 3 is 2.89 bits per heavy atom. The van der Waals surface area contributed by atoms with E-state index in [1.165, 1.54) is 17.6 Å². The van der Waals surface area contributed by atoms with Crippen LogP contribution in [0, 0.1) is 5.82 Å². The van der Waals surface area contributed by atoms with Gasteiger partial charge in [-0.05, 0) is 42.7 Å². The zero-order valence-corrected chi connectivity index (χ0v) is 13.2. The van der Waals surface area contributed by atoms with Crippen LogP contribution in [0.25, 0.3) is 0 Å². The first-order valence-corrected chi connectivity index (χ1v) is 7.73. The van der Waals surface area contributed by atoms with E-state index >= 15 is 0 Å². The van der Waals surface area contributed by atoms with E-state index in [1.54, 1.807) is 6.07 Å². The summed E-state index contributed by atoms with van der Waals surface area (Å²) in [6, 6.07) is 4.79. The number of nitrogens with zero attached hydrogens (tertiary/aromatic N) is 2. The molecule has 0 saturated carbocycles. The topological polar surface area (TPSA) is 37.8 Å². The molecule has 0 aliphatic heterocycles. The number of rotatable bonds is 5. The molecule has 0 bridgehead atoms. The third-order valence-corrected chi connectivity index (χ3v) is 4.18. The van der Waals surface area contributed by atoms with Crippen LogP contribution in [-0.2, 0) is 6.42 Å². The number of aryl methyl sites for hydroxylation is 1. The van der Waals surface area contributed by atoms with E-state index in [0.717, 1.165) is 28.0 Å². The van der Waals surface area contributed by atoms with Gasteiger partial charge in [0.15, 0.2) is 0 Å². The maximum Gasteiger partial charge on any atom is 0.128 e. The first-order valence-electron chi connectivity index (χ1n) is 6.16. The third-order valence-electron chi connectivity index (χ3n) is 2.86. The summed E-state index contributed by atoms with van der Waals surface area (Å²) in [5.41, 5.74) is 1.55. The van der Waals surface area contributed by atoms with E-state index in [9.17, 15) is 4.39 Å². The van der Waals surface area contributed by atoms with Gasteiger partial charge in [-0.15, -0.1) is 5.10 Å². The Bertz CT molecular complexity index is 559. The van der Waals surface area contributed by atoms with Gasteiger partial charge in [0.2, 0.25) is 0 Å². The van der Waals surface area contributed by atoms with Crippen LogP contribution in [0.3, 0.4) is 0 Å². The summed E-state index contributed by atoms with van der Waals surface area (Å²) in [6.45, 7) is 4.78. The molecule has 1 heterocycles. The summed E-state index contributed by atoms with van der Waals surface area (Å²) in [4.78, 5) is 0.987. The Morgan fingerprint density at radius 2 is 2.21 bits per heavy atom. The largest absolute Gasteiger partial charge is 0.306 e. The second-order valence-corrected chi connectivity index (χ2v) is 5.80. The molecule has 0 saturated heterocycles. The predicted molar refractivity (Wildman–Crippen MR) is 78.9 cm³/mol. The van der Waals surface area contributed by atoms with Gasteiger partial charge in [-0.25, -0.2) is 4.39 Å². The molecular weight excluding hydrogens is 329 g/mol. The molecule has 3 nitrogen and oxygen atoms in total. The first kappa shape index (κ1) is 14.6. The van der Waals surface area contributed by atoms with E-state index in [1.807, 2.05) is 19.9 Å². The molecule has 0 fully saturated rings. The highest BCUT2D eigenvalue weighted by Gasteiger charge is 2.22. The van der Waals surface area contributed by atoms with Crippen molar-refractivity contribution in [3.8, 4) is 0 Å². The molecule has 0 amide bonds. The van der Waals surface area contributed by atoms with Crippen LogP contribution in [0.5, 0.6) is 0 Å². The lowest BCUT2D eigenvalue weighted by molar-refractivity contribution is 0.560. The Morgan fingerprint density at radius 1 is 1.42 bits per heavy atom. The average molecular weight is 344 g/mol. The molecule has 1 aromatic carbocycles. The fourth-order valence-corrected chi connectivity index (χ4v) is 3.18. The van der Waals surface area contributed by atoms with Gasteiger partial charge in [-0.2, -0.15) is 0 Å². The summed E-state index contributed by atoms with van der Waals surface area (Å²) in [6.07, 6.45) is 0.795. The standard InChI is InChI=1S/C13H15BrFN3S/c1-3-11-13(19-18-17-11)12(16-4-2)9-7-8(14)5-6-10(9)15/h5-7,12,16H,3-4H2,1-2H3. The molecule has 2 rings (SSSR count). The van der Waals surface area contributed by atoms with E-state index < -0.39 is 0 Å². The van der Waals surface area contributed by atoms with Gasteiger partial charge >= 0.3 is 0 Å². The molecule has 0 spiro atoms. The summed E-state index contributed by atoms with van der Waals surface area (Å²) < 4.78 is 18.9. The molecular formula is C13H15BrFN3S. The van der Waals surface area contributed by atoms with Gasteiger partial charge in [-0.3, -0.25) is 0 Å². The number of benzene rings is 1. The van der Waals surface area contributed by atoms with Crippen LogP contribution in [0.2, 0.25) is 0 Å². The van der Waals surface area contributed by atoms with Crippen molar-refractivity contribution in [1.29, 1.82) is 0 Å². The van der Waals surface area contributed by atoms with Crippen molar-refractivity contribution in [2.45, 2.75) is 26.3 Å². The van der Waals surface area contributed by atoms with Crippen LogP contribution in [0.1, 0.15) is 36.0 Å². The molecule has 0 aliphatic rings. The Hall–Kier alpha value is -0.850. The molecule has 0 aliphatic carbocycles. The quantitative estimate of drug-likeness (QED) is 0.899. The minimum atomic E-state index is -0.218. The van der Waals surface area contributed by atoms with Gasteiger partial charge in [0, 0.05) is 10.0 Å². The van der Waals surface area contributed by atoms with Crippen molar-refractivity contribution in [3.63, 3.8) is 0 Å². The van der Waals surface area contributed by atoms with Crippen LogP contribution in [-0.4, -0.2) is 16.1 Å². The lowest BCUT2D eigenvalue weighted by Crippen LogP contribution is -2.23. The van der Waals surface area contributed by atoms with Gasteiger partial charge in [0.25, 0.3) is 0 Å². The van der Waals surface area contributed by atoms with Crippen LogP contribution >= 0.6 is 27.5 Å². The van der Waals surface area contributed by atoms with Crippen molar-refractivity contribution < 1.29 is 4.39 Å². The highest BCUT2D eigenvalue weighted by atomic mass is 79.9. The number of halogens is 2. The van der Waals surface area contributed by atoms with Gasteiger partial charge in [0.1, 0.15) is 5.82 Å². The molecule has 1 unspecified atom stereocenters. The van der Waals surface area contributed by atoms with Crippen molar-refractivity contribution in [1.82, 2.24) is 14.9 Å². The SMILES string of the molecule is CCNC(c1cc(Br)ccc1F)c1snnc1CC. The highest BCUT2D eigenvalue weighted by molar-refractivity contribution is 9.10.